The molecule has 3 atom stereocenters. The van der Waals surface area contributed by atoms with E-state index in [-0.39, 0.29) is 0 Å². The first kappa shape index (κ1) is 12.9. The highest BCUT2D eigenvalue weighted by molar-refractivity contribution is 5.58. The van der Waals surface area contributed by atoms with Crippen molar-refractivity contribution in [3.8, 4) is 0 Å². The van der Waals surface area contributed by atoms with Crippen molar-refractivity contribution in [2.24, 2.45) is 0 Å². The third kappa shape index (κ3) is 1.43. The summed E-state index contributed by atoms with van der Waals surface area (Å²) in [7, 11) is 0. The Hall–Kier alpha value is -1.60. The number of hydrogen-bond acceptors (Lipinski definition) is 1. The van der Waals surface area contributed by atoms with Gasteiger partial charge in [-0.05, 0) is 42.5 Å². The minimum Gasteiger partial charge on any atom is -0.299 e. The zero-order chi connectivity index (χ0) is 14.9. The molecule has 112 valence electrons. The lowest BCUT2D eigenvalue weighted by Crippen LogP contribution is -2.36. The molecule has 1 nitrogen and oxygen atoms in total. The Morgan fingerprint density at radius 2 is 1.64 bits per heavy atom. The van der Waals surface area contributed by atoms with Gasteiger partial charge in [-0.3, -0.25) is 4.90 Å². The Labute approximate surface area is 133 Å². The standard InChI is InChI=1S/C21H23N/c1-14(2)22-12-20-16-8-4-3-7-15(16)18-11-21(20,13-22)19-10-6-5-9-17(18)19/h3-10,14,18,20H,11-13H2,1-2H3. The fourth-order valence-corrected chi connectivity index (χ4v) is 5.48. The minimum atomic E-state index is 0.361. The third-order valence-corrected chi connectivity index (χ3v) is 6.49. The van der Waals surface area contributed by atoms with Crippen molar-refractivity contribution in [1.82, 2.24) is 4.90 Å². The van der Waals surface area contributed by atoms with Gasteiger partial charge in [-0.15, -0.1) is 0 Å². The molecule has 0 amide bonds. The Kier molecular flexibility index (Phi) is 2.48. The maximum atomic E-state index is 2.70. The largest absolute Gasteiger partial charge is 0.299 e. The van der Waals surface area contributed by atoms with Crippen molar-refractivity contribution in [2.45, 2.75) is 43.6 Å². The molecule has 1 fully saturated rings. The zero-order valence-corrected chi connectivity index (χ0v) is 13.4. The van der Waals surface area contributed by atoms with Crippen LogP contribution < -0.4 is 0 Å². The Morgan fingerprint density at radius 3 is 2.41 bits per heavy atom. The van der Waals surface area contributed by atoms with Crippen LogP contribution in [0.3, 0.4) is 0 Å². The molecular weight excluding hydrogens is 266 g/mol. The summed E-state index contributed by atoms with van der Waals surface area (Å²) in [5.74, 6) is 1.29. The van der Waals surface area contributed by atoms with E-state index in [4.69, 9.17) is 0 Å². The zero-order valence-electron chi connectivity index (χ0n) is 13.4. The summed E-state index contributed by atoms with van der Waals surface area (Å²) in [5.41, 5.74) is 6.82. The van der Waals surface area contributed by atoms with Gasteiger partial charge in [-0.1, -0.05) is 48.5 Å². The fourth-order valence-electron chi connectivity index (χ4n) is 5.48. The van der Waals surface area contributed by atoms with E-state index >= 15 is 0 Å². The summed E-state index contributed by atoms with van der Waals surface area (Å²) < 4.78 is 0. The number of nitrogens with zero attached hydrogens (tertiary/aromatic N) is 1. The highest BCUT2D eigenvalue weighted by Crippen LogP contribution is 2.63. The van der Waals surface area contributed by atoms with Crippen LogP contribution >= 0.6 is 0 Å². The second-order valence-corrected chi connectivity index (χ2v) is 7.70. The summed E-state index contributed by atoms with van der Waals surface area (Å²) in [4.78, 5) is 2.70. The van der Waals surface area contributed by atoms with E-state index < -0.39 is 0 Å². The number of hydrogen-bond donors (Lipinski definition) is 0. The lowest BCUT2D eigenvalue weighted by atomic mass is 9.65. The molecular formula is C21H23N. The average Bonchev–Trinajstić information content (AvgIpc) is 3.08. The van der Waals surface area contributed by atoms with Crippen LogP contribution in [-0.4, -0.2) is 24.0 Å². The molecule has 1 saturated heterocycles. The molecule has 1 heteroatoms. The second kappa shape index (κ2) is 4.23. The molecule has 1 aliphatic heterocycles. The monoisotopic (exact) mass is 289 g/mol. The van der Waals surface area contributed by atoms with Crippen LogP contribution in [0.5, 0.6) is 0 Å². The summed E-state index contributed by atoms with van der Waals surface area (Å²) in [5, 5.41) is 0. The molecule has 2 aromatic carbocycles. The van der Waals surface area contributed by atoms with Gasteiger partial charge in [0, 0.05) is 36.4 Å². The molecule has 2 aliphatic carbocycles. The first-order chi connectivity index (χ1) is 10.7. The molecule has 3 aliphatic rings. The summed E-state index contributed by atoms with van der Waals surface area (Å²) >= 11 is 0. The number of rotatable bonds is 1. The smallest absolute Gasteiger partial charge is 0.0173 e. The van der Waals surface area contributed by atoms with Crippen molar-refractivity contribution in [3.05, 3.63) is 70.8 Å². The number of benzene rings is 2. The molecule has 2 aromatic rings. The molecule has 0 radical (unpaired) electrons. The molecule has 0 saturated carbocycles. The highest BCUT2D eigenvalue weighted by atomic mass is 15.2. The number of likely N-dealkylation sites (tertiary alicyclic amines) is 1. The van der Waals surface area contributed by atoms with Crippen LogP contribution in [0.1, 0.15) is 54.4 Å². The van der Waals surface area contributed by atoms with Crippen molar-refractivity contribution in [3.63, 3.8) is 0 Å². The van der Waals surface area contributed by atoms with Crippen LogP contribution in [0.4, 0.5) is 0 Å². The first-order valence-corrected chi connectivity index (χ1v) is 8.63. The highest BCUT2D eigenvalue weighted by Gasteiger charge is 2.58. The Bertz CT molecular complexity index is 736. The van der Waals surface area contributed by atoms with E-state index in [1.165, 1.54) is 19.5 Å². The van der Waals surface area contributed by atoms with Crippen LogP contribution in [0.2, 0.25) is 0 Å². The Morgan fingerprint density at radius 1 is 0.955 bits per heavy atom. The van der Waals surface area contributed by atoms with Crippen LogP contribution in [0.25, 0.3) is 0 Å². The van der Waals surface area contributed by atoms with Crippen molar-refractivity contribution in [2.75, 3.05) is 13.1 Å². The molecule has 22 heavy (non-hydrogen) atoms. The predicted octanol–water partition coefficient (Wildman–Crippen LogP) is 4.28. The van der Waals surface area contributed by atoms with Gasteiger partial charge < -0.3 is 0 Å². The van der Waals surface area contributed by atoms with Gasteiger partial charge >= 0.3 is 0 Å². The van der Waals surface area contributed by atoms with Crippen molar-refractivity contribution < 1.29 is 0 Å². The van der Waals surface area contributed by atoms with Crippen LogP contribution in [0.15, 0.2) is 48.5 Å². The topological polar surface area (TPSA) is 3.24 Å². The van der Waals surface area contributed by atoms with E-state index in [0.717, 1.165) is 0 Å². The maximum Gasteiger partial charge on any atom is 0.0173 e. The van der Waals surface area contributed by atoms with Crippen LogP contribution in [-0.2, 0) is 5.41 Å². The molecule has 1 spiro atoms. The van der Waals surface area contributed by atoms with Gasteiger partial charge in [0.15, 0.2) is 0 Å². The lowest BCUT2D eigenvalue weighted by molar-refractivity contribution is 0.254. The van der Waals surface area contributed by atoms with Gasteiger partial charge in [-0.2, -0.15) is 0 Å². The molecule has 1 heterocycles. The van der Waals surface area contributed by atoms with Gasteiger partial charge in [0.2, 0.25) is 0 Å². The average molecular weight is 289 g/mol. The molecule has 5 rings (SSSR count). The molecule has 0 aromatic heterocycles. The maximum absolute atomic E-state index is 2.70. The Balaban J connectivity index is 1.78. The van der Waals surface area contributed by atoms with E-state index in [2.05, 4.69) is 67.3 Å². The normalized spacial score (nSPS) is 32.0. The third-order valence-electron chi connectivity index (χ3n) is 6.49. The van der Waals surface area contributed by atoms with Crippen LogP contribution in [0, 0.1) is 0 Å². The summed E-state index contributed by atoms with van der Waals surface area (Å²) in [6.45, 7) is 7.14. The first-order valence-electron chi connectivity index (χ1n) is 8.63. The predicted molar refractivity (Wildman–Crippen MR) is 90.5 cm³/mol. The molecule has 0 N–H and O–H groups in total. The summed E-state index contributed by atoms with van der Waals surface area (Å²) in [6, 6.07) is 19.1. The minimum absolute atomic E-state index is 0.361. The van der Waals surface area contributed by atoms with Gasteiger partial charge in [0.05, 0.1) is 0 Å². The SMILES string of the molecule is CC(C)N1CC2c3ccccc3C3CC2(C1)c1ccccc13. The van der Waals surface area contributed by atoms with Gasteiger partial charge in [0.25, 0.3) is 0 Å². The summed E-state index contributed by atoms with van der Waals surface area (Å²) in [6.07, 6.45) is 1.32. The fraction of sp³-hybridized carbons (Fsp3) is 0.429. The molecule has 2 bridgehead atoms. The van der Waals surface area contributed by atoms with Crippen molar-refractivity contribution in [1.29, 1.82) is 0 Å². The van der Waals surface area contributed by atoms with Gasteiger partial charge in [0.1, 0.15) is 0 Å². The van der Waals surface area contributed by atoms with E-state index in [1.807, 2.05) is 0 Å². The second-order valence-electron chi connectivity index (χ2n) is 7.70. The van der Waals surface area contributed by atoms with Crippen molar-refractivity contribution >= 4 is 0 Å². The van der Waals surface area contributed by atoms with Gasteiger partial charge in [-0.25, -0.2) is 0 Å². The quantitative estimate of drug-likeness (QED) is 0.757. The number of fused-ring (bicyclic) bond motifs is 3. The van der Waals surface area contributed by atoms with E-state index in [9.17, 15) is 0 Å². The van der Waals surface area contributed by atoms with E-state index in [1.54, 1.807) is 22.3 Å². The van der Waals surface area contributed by atoms with E-state index in [0.29, 0.717) is 23.3 Å². The molecule has 3 unspecified atom stereocenters. The lowest BCUT2D eigenvalue weighted by Gasteiger charge is -2.37.